The first-order valence-electron chi connectivity index (χ1n) is 7.99. The number of nitrogens with zero attached hydrogens (tertiary/aromatic N) is 4. The maximum absolute atomic E-state index is 12.1. The lowest BCUT2D eigenvalue weighted by atomic mass is 10.1. The molecule has 1 aliphatic heterocycles. The standard InChI is InChI=1S/C15H21N5O2S/c1-11-17-14(22-19-11)12-10-23-15(18-12)13(21)16-6-5-9-20-7-3-2-4-8-20/h10H,2-9H2,1H3,(H,16,21). The molecule has 8 heteroatoms. The topological polar surface area (TPSA) is 84.2 Å². The lowest BCUT2D eigenvalue weighted by Gasteiger charge is -2.26. The molecule has 0 aliphatic carbocycles. The molecule has 2 aromatic heterocycles. The summed E-state index contributed by atoms with van der Waals surface area (Å²) in [6.45, 7) is 5.84. The van der Waals surface area contributed by atoms with E-state index >= 15 is 0 Å². The summed E-state index contributed by atoms with van der Waals surface area (Å²) in [4.78, 5) is 22.9. The molecule has 0 unspecified atom stereocenters. The molecule has 0 aromatic carbocycles. The Morgan fingerprint density at radius 2 is 2.17 bits per heavy atom. The number of thiazole rings is 1. The Labute approximate surface area is 139 Å². The monoisotopic (exact) mass is 335 g/mol. The highest BCUT2D eigenvalue weighted by molar-refractivity contribution is 7.12. The van der Waals surface area contributed by atoms with E-state index < -0.39 is 0 Å². The third kappa shape index (κ3) is 4.35. The highest BCUT2D eigenvalue weighted by Gasteiger charge is 2.15. The SMILES string of the molecule is Cc1noc(-c2csc(C(=O)NCCCN3CCCCC3)n2)n1. The second kappa shape index (κ2) is 7.65. The molecule has 3 heterocycles. The van der Waals surface area contributed by atoms with Crippen LogP contribution >= 0.6 is 11.3 Å². The number of aromatic nitrogens is 3. The number of hydrogen-bond donors (Lipinski definition) is 1. The number of aryl methyl sites for hydroxylation is 1. The van der Waals surface area contributed by atoms with Gasteiger partial charge in [0.15, 0.2) is 10.8 Å². The van der Waals surface area contributed by atoms with Crippen molar-refractivity contribution in [2.45, 2.75) is 32.6 Å². The lowest BCUT2D eigenvalue weighted by Crippen LogP contribution is -2.33. The first kappa shape index (κ1) is 16.1. The average Bonchev–Trinajstić information content (AvgIpc) is 3.21. The molecule has 0 atom stereocenters. The molecule has 0 spiro atoms. The number of carbonyl (C=O) groups excluding carboxylic acids is 1. The van der Waals surface area contributed by atoms with Gasteiger partial charge in [-0.05, 0) is 45.8 Å². The number of nitrogens with one attached hydrogen (secondary N) is 1. The van der Waals surface area contributed by atoms with Crippen molar-refractivity contribution in [3.8, 4) is 11.6 Å². The molecule has 0 radical (unpaired) electrons. The summed E-state index contributed by atoms with van der Waals surface area (Å²) in [6, 6.07) is 0. The zero-order chi connectivity index (χ0) is 16.1. The van der Waals surface area contributed by atoms with Crippen LogP contribution in [0, 0.1) is 6.92 Å². The number of hydrogen-bond acceptors (Lipinski definition) is 7. The normalized spacial score (nSPS) is 15.7. The number of rotatable bonds is 6. The summed E-state index contributed by atoms with van der Waals surface area (Å²) < 4.78 is 5.05. The molecule has 3 rings (SSSR count). The molecule has 1 saturated heterocycles. The van der Waals surface area contributed by atoms with Gasteiger partial charge in [0.2, 0.25) is 0 Å². The summed E-state index contributed by atoms with van der Waals surface area (Å²) in [7, 11) is 0. The van der Waals surface area contributed by atoms with Gasteiger partial charge in [0, 0.05) is 11.9 Å². The van der Waals surface area contributed by atoms with Gasteiger partial charge in [0.05, 0.1) is 0 Å². The Hall–Kier alpha value is -1.80. The predicted octanol–water partition coefficient (Wildman–Crippen LogP) is 2.11. The van der Waals surface area contributed by atoms with Crippen LogP contribution in [0.4, 0.5) is 0 Å². The first-order chi connectivity index (χ1) is 11.2. The van der Waals surface area contributed by atoms with Gasteiger partial charge in [-0.2, -0.15) is 4.98 Å². The Kier molecular flexibility index (Phi) is 5.35. The maximum atomic E-state index is 12.1. The minimum atomic E-state index is -0.142. The molecule has 1 aliphatic rings. The smallest absolute Gasteiger partial charge is 0.280 e. The van der Waals surface area contributed by atoms with Gasteiger partial charge in [0.1, 0.15) is 5.69 Å². The van der Waals surface area contributed by atoms with Gasteiger partial charge in [0.25, 0.3) is 11.8 Å². The van der Waals surface area contributed by atoms with Gasteiger partial charge < -0.3 is 14.7 Å². The minimum Gasteiger partial charge on any atom is -0.350 e. The molecular formula is C15H21N5O2S. The molecule has 23 heavy (non-hydrogen) atoms. The molecule has 1 fully saturated rings. The van der Waals surface area contributed by atoms with E-state index in [1.165, 1.54) is 43.7 Å². The van der Waals surface area contributed by atoms with Crippen LogP contribution in [0.5, 0.6) is 0 Å². The van der Waals surface area contributed by atoms with Crippen molar-refractivity contribution in [3.63, 3.8) is 0 Å². The summed E-state index contributed by atoms with van der Waals surface area (Å²) in [6.07, 6.45) is 4.90. The van der Waals surface area contributed by atoms with Gasteiger partial charge in [-0.25, -0.2) is 4.98 Å². The van der Waals surface area contributed by atoms with E-state index in [1.54, 1.807) is 12.3 Å². The van der Waals surface area contributed by atoms with Crippen LogP contribution in [-0.4, -0.2) is 52.1 Å². The molecule has 0 saturated carbocycles. The van der Waals surface area contributed by atoms with E-state index in [1.807, 2.05) is 0 Å². The van der Waals surface area contributed by atoms with Crippen LogP contribution in [0.3, 0.4) is 0 Å². The Morgan fingerprint density at radius 1 is 1.35 bits per heavy atom. The average molecular weight is 335 g/mol. The highest BCUT2D eigenvalue weighted by Crippen LogP contribution is 2.20. The van der Waals surface area contributed by atoms with Gasteiger partial charge >= 0.3 is 0 Å². The summed E-state index contributed by atoms with van der Waals surface area (Å²) in [5, 5.41) is 8.83. The van der Waals surface area contributed by atoms with Crippen LogP contribution in [0.1, 0.15) is 41.3 Å². The third-order valence-electron chi connectivity index (χ3n) is 3.83. The Morgan fingerprint density at radius 3 is 2.91 bits per heavy atom. The molecule has 1 amide bonds. The number of carbonyl (C=O) groups is 1. The third-order valence-corrected chi connectivity index (χ3v) is 4.67. The fraction of sp³-hybridized carbons (Fsp3) is 0.600. The van der Waals surface area contributed by atoms with Crippen molar-refractivity contribution in [2.24, 2.45) is 0 Å². The molecule has 7 nitrogen and oxygen atoms in total. The van der Waals surface area contributed by atoms with E-state index in [2.05, 4.69) is 25.3 Å². The van der Waals surface area contributed by atoms with Crippen LogP contribution in [-0.2, 0) is 0 Å². The van der Waals surface area contributed by atoms with Crippen LogP contribution in [0.15, 0.2) is 9.90 Å². The quantitative estimate of drug-likeness (QED) is 0.814. The highest BCUT2D eigenvalue weighted by atomic mass is 32.1. The maximum Gasteiger partial charge on any atom is 0.280 e. The van der Waals surface area contributed by atoms with Crippen LogP contribution < -0.4 is 5.32 Å². The van der Waals surface area contributed by atoms with Crippen molar-refractivity contribution in [3.05, 3.63) is 16.2 Å². The zero-order valence-electron chi connectivity index (χ0n) is 13.2. The van der Waals surface area contributed by atoms with Crippen LogP contribution in [0.25, 0.3) is 11.6 Å². The second-order valence-electron chi connectivity index (χ2n) is 5.70. The van der Waals surface area contributed by atoms with E-state index in [4.69, 9.17) is 4.52 Å². The Balaban J connectivity index is 1.44. The van der Waals surface area contributed by atoms with Crippen molar-refractivity contribution >= 4 is 17.2 Å². The predicted molar refractivity (Wildman–Crippen MR) is 87.4 cm³/mol. The number of amides is 1. The van der Waals surface area contributed by atoms with E-state index in [9.17, 15) is 4.79 Å². The summed E-state index contributed by atoms with van der Waals surface area (Å²) in [5.41, 5.74) is 0.550. The molecule has 0 bridgehead atoms. The largest absolute Gasteiger partial charge is 0.350 e. The van der Waals surface area contributed by atoms with Crippen molar-refractivity contribution < 1.29 is 9.32 Å². The molecule has 1 N–H and O–H groups in total. The van der Waals surface area contributed by atoms with Gasteiger partial charge in [-0.1, -0.05) is 11.6 Å². The molecule has 124 valence electrons. The Bertz CT molecular complexity index is 648. The fourth-order valence-corrected chi connectivity index (χ4v) is 3.35. The van der Waals surface area contributed by atoms with Gasteiger partial charge in [-0.3, -0.25) is 4.79 Å². The summed E-state index contributed by atoms with van der Waals surface area (Å²) >= 11 is 1.29. The van der Waals surface area contributed by atoms with E-state index in [0.29, 0.717) is 29.0 Å². The molecular weight excluding hydrogens is 314 g/mol. The van der Waals surface area contributed by atoms with Crippen LogP contribution in [0.2, 0.25) is 0 Å². The number of likely N-dealkylation sites (tertiary alicyclic amines) is 1. The second-order valence-corrected chi connectivity index (χ2v) is 6.55. The van der Waals surface area contributed by atoms with E-state index in [-0.39, 0.29) is 5.91 Å². The molecule has 2 aromatic rings. The fourth-order valence-electron chi connectivity index (χ4n) is 2.64. The van der Waals surface area contributed by atoms with Crippen molar-refractivity contribution in [1.29, 1.82) is 0 Å². The van der Waals surface area contributed by atoms with Crippen molar-refractivity contribution in [2.75, 3.05) is 26.2 Å². The van der Waals surface area contributed by atoms with Crippen molar-refractivity contribution in [1.82, 2.24) is 25.3 Å². The lowest BCUT2D eigenvalue weighted by molar-refractivity contribution is 0.0951. The minimum absolute atomic E-state index is 0.142. The van der Waals surface area contributed by atoms with Gasteiger partial charge in [-0.15, -0.1) is 11.3 Å². The zero-order valence-corrected chi connectivity index (χ0v) is 14.1. The summed E-state index contributed by atoms with van der Waals surface area (Å²) in [5.74, 6) is 0.760. The number of piperidine rings is 1. The first-order valence-corrected chi connectivity index (χ1v) is 8.87. The van der Waals surface area contributed by atoms with E-state index in [0.717, 1.165) is 13.0 Å².